The number of hydrogen-bond acceptors (Lipinski definition) is 3. The van der Waals surface area contributed by atoms with Crippen LogP contribution in [0.5, 0.6) is 0 Å². The Labute approximate surface area is 101 Å². The van der Waals surface area contributed by atoms with Crippen molar-refractivity contribution in [2.75, 3.05) is 20.3 Å². The summed E-state index contributed by atoms with van der Waals surface area (Å²) in [4.78, 5) is 0. The first kappa shape index (κ1) is 15.9. The molecule has 0 heterocycles. The maximum absolute atomic E-state index is 10.2. The van der Waals surface area contributed by atoms with Gasteiger partial charge in [-0.15, -0.1) is 0 Å². The molecule has 0 spiro atoms. The molecular weight excluding hydrogens is 202 g/mol. The van der Waals surface area contributed by atoms with Gasteiger partial charge < -0.3 is 15.2 Å². The lowest BCUT2D eigenvalue weighted by Crippen LogP contribution is -2.46. The van der Waals surface area contributed by atoms with E-state index < -0.39 is 5.60 Å². The van der Waals surface area contributed by atoms with Crippen molar-refractivity contribution in [3.05, 3.63) is 0 Å². The van der Waals surface area contributed by atoms with Crippen molar-refractivity contribution >= 4 is 0 Å². The predicted octanol–water partition coefficient (Wildman–Crippen LogP) is 2.19. The second kappa shape index (κ2) is 8.04. The van der Waals surface area contributed by atoms with Gasteiger partial charge in [-0.05, 0) is 25.2 Å². The lowest BCUT2D eigenvalue weighted by Gasteiger charge is -2.30. The monoisotopic (exact) mass is 231 g/mol. The van der Waals surface area contributed by atoms with E-state index >= 15 is 0 Å². The van der Waals surface area contributed by atoms with Gasteiger partial charge in [0.05, 0.1) is 5.60 Å². The Morgan fingerprint density at radius 1 is 1.25 bits per heavy atom. The molecule has 0 saturated carbocycles. The van der Waals surface area contributed by atoms with Gasteiger partial charge >= 0.3 is 0 Å². The smallest absolute Gasteiger partial charge is 0.0766 e. The highest BCUT2D eigenvalue weighted by Gasteiger charge is 2.24. The van der Waals surface area contributed by atoms with Crippen molar-refractivity contribution in [3.63, 3.8) is 0 Å². The zero-order valence-electron chi connectivity index (χ0n) is 11.5. The van der Waals surface area contributed by atoms with Crippen LogP contribution in [-0.4, -0.2) is 37.0 Å². The van der Waals surface area contributed by atoms with E-state index in [0.717, 1.165) is 25.9 Å². The molecule has 2 N–H and O–H groups in total. The number of rotatable bonds is 9. The summed E-state index contributed by atoms with van der Waals surface area (Å²) in [5, 5.41) is 13.7. The van der Waals surface area contributed by atoms with E-state index in [1.807, 2.05) is 13.8 Å². The Morgan fingerprint density at radius 3 is 2.19 bits per heavy atom. The van der Waals surface area contributed by atoms with Crippen LogP contribution in [0.4, 0.5) is 0 Å². The molecule has 3 nitrogen and oxygen atoms in total. The number of nitrogens with one attached hydrogen (secondary N) is 1. The van der Waals surface area contributed by atoms with Crippen molar-refractivity contribution in [1.82, 2.24) is 5.32 Å². The molecule has 0 aliphatic heterocycles. The molecule has 1 unspecified atom stereocenters. The van der Waals surface area contributed by atoms with Crippen LogP contribution >= 0.6 is 0 Å². The molecule has 98 valence electrons. The van der Waals surface area contributed by atoms with Gasteiger partial charge in [-0.3, -0.25) is 0 Å². The average Bonchev–Trinajstić information content (AvgIpc) is 2.28. The van der Waals surface area contributed by atoms with Crippen molar-refractivity contribution < 1.29 is 9.84 Å². The Bertz CT molecular complexity index is 167. The second-order valence-electron chi connectivity index (χ2n) is 4.94. The molecule has 0 fully saturated rings. The molecule has 0 amide bonds. The topological polar surface area (TPSA) is 41.5 Å². The standard InChI is InChI=1S/C13H29NO2/c1-6-13(15,7-2)10-14-12(11(3)4)8-9-16-5/h11-12,14-15H,6-10H2,1-5H3. The highest BCUT2D eigenvalue weighted by atomic mass is 16.5. The minimum atomic E-state index is -0.555. The van der Waals surface area contributed by atoms with Gasteiger partial charge in [0.2, 0.25) is 0 Å². The van der Waals surface area contributed by atoms with E-state index in [2.05, 4.69) is 19.2 Å². The van der Waals surface area contributed by atoms with E-state index in [0.29, 0.717) is 18.5 Å². The van der Waals surface area contributed by atoms with Crippen molar-refractivity contribution in [2.45, 2.75) is 58.6 Å². The van der Waals surface area contributed by atoms with Crippen LogP contribution < -0.4 is 5.32 Å². The first-order chi connectivity index (χ1) is 7.49. The summed E-state index contributed by atoms with van der Waals surface area (Å²) in [6, 6.07) is 0.421. The van der Waals surface area contributed by atoms with E-state index in [4.69, 9.17) is 4.74 Å². The maximum atomic E-state index is 10.2. The zero-order chi connectivity index (χ0) is 12.6. The quantitative estimate of drug-likeness (QED) is 0.639. The molecular formula is C13H29NO2. The minimum Gasteiger partial charge on any atom is -0.389 e. The van der Waals surface area contributed by atoms with E-state index in [1.54, 1.807) is 7.11 Å². The first-order valence-electron chi connectivity index (χ1n) is 6.43. The molecule has 0 radical (unpaired) electrons. The van der Waals surface area contributed by atoms with Crippen LogP contribution in [0.15, 0.2) is 0 Å². The summed E-state index contributed by atoms with van der Waals surface area (Å²) in [6.07, 6.45) is 2.59. The summed E-state index contributed by atoms with van der Waals surface area (Å²) in [5.74, 6) is 0.563. The average molecular weight is 231 g/mol. The Morgan fingerprint density at radius 2 is 1.81 bits per heavy atom. The van der Waals surface area contributed by atoms with Gasteiger partial charge in [0.25, 0.3) is 0 Å². The van der Waals surface area contributed by atoms with Gasteiger partial charge in [0.1, 0.15) is 0 Å². The summed E-state index contributed by atoms with van der Waals surface area (Å²) >= 11 is 0. The molecule has 0 bridgehead atoms. The fourth-order valence-corrected chi connectivity index (χ4v) is 1.74. The molecule has 0 aromatic heterocycles. The highest BCUT2D eigenvalue weighted by molar-refractivity contribution is 4.81. The van der Waals surface area contributed by atoms with Crippen LogP contribution in [0.2, 0.25) is 0 Å². The van der Waals surface area contributed by atoms with Crippen LogP contribution in [0.1, 0.15) is 47.0 Å². The van der Waals surface area contributed by atoms with Gasteiger partial charge in [0.15, 0.2) is 0 Å². The molecule has 16 heavy (non-hydrogen) atoms. The normalized spacial score (nSPS) is 14.4. The van der Waals surface area contributed by atoms with Crippen LogP contribution in [-0.2, 0) is 4.74 Å². The lowest BCUT2D eigenvalue weighted by molar-refractivity contribution is 0.0268. The molecule has 0 aromatic rings. The minimum absolute atomic E-state index is 0.421. The van der Waals surface area contributed by atoms with Crippen LogP contribution in [0.25, 0.3) is 0 Å². The lowest BCUT2D eigenvalue weighted by atomic mass is 9.95. The first-order valence-corrected chi connectivity index (χ1v) is 6.43. The van der Waals surface area contributed by atoms with Crippen molar-refractivity contribution in [1.29, 1.82) is 0 Å². The predicted molar refractivity (Wildman–Crippen MR) is 68.7 cm³/mol. The fraction of sp³-hybridized carbons (Fsp3) is 1.00. The molecule has 0 rings (SSSR count). The second-order valence-corrected chi connectivity index (χ2v) is 4.94. The number of aliphatic hydroxyl groups is 1. The maximum Gasteiger partial charge on any atom is 0.0766 e. The van der Waals surface area contributed by atoms with Gasteiger partial charge in [-0.25, -0.2) is 0 Å². The fourth-order valence-electron chi connectivity index (χ4n) is 1.74. The third-order valence-corrected chi connectivity index (χ3v) is 3.45. The third-order valence-electron chi connectivity index (χ3n) is 3.45. The van der Waals surface area contributed by atoms with Gasteiger partial charge in [-0.2, -0.15) is 0 Å². The Hall–Kier alpha value is -0.120. The molecule has 0 aromatic carbocycles. The summed E-state index contributed by atoms with van der Waals surface area (Å²) in [5.41, 5.74) is -0.555. The zero-order valence-corrected chi connectivity index (χ0v) is 11.5. The highest BCUT2D eigenvalue weighted by Crippen LogP contribution is 2.15. The third kappa shape index (κ3) is 5.83. The van der Waals surface area contributed by atoms with Crippen LogP contribution in [0.3, 0.4) is 0 Å². The van der Waals surface area contributed by atoms with Crippen LogP contribution in [0, 0.1) is 5.92 Å². The molecule has 1 atom stereocenters. The molecule has 3 heteroatoms. The summed E-state index contributed by atoms with van der Waals surface area (Å²) < 4.78 is 5.10. The van der Waals surface area contributed by atoms with E-state index in [9.17, 15) is 5.11 Å². The van der Waals surface area contributed by atoms with Crippen molar-refractivity contribution in [3.8, 4) is 0 Å². The van der Waals surface area contributed by atoms with E-state index in [1.165, 1.54) is 0 Å². The number of hydrogen-bond donors (Lipinski definition) is 2. The summed E-state index contributed by atoms with van der Waals surface area (Å²) in [7, 11) is 1.73. The number of methoxy groups -OCH3 is 1. The van der Waals surface area contributed by atoms with Crippen molar-refractivity contribution in [2.24, 2.45) is 5.92 Å². The van der Waals surface area contributed by atoms with Gasteiger partial charge in [0, 0.05) is 26.3 Å². The Balaban J connectivity index is 4.09. The molecule has 0 saturated heterocycles. The molecule has 0 aliphatic carbocycles. The molecule has 0 aliphatic rings. The Kier molecular flexibility index (Phi) is 7.98. The number of ether oxygens (including phenoxy) is 1. The summed E-state index contributed by atoms with van der Waals surface area (Å²) in [6.45, 7) is 9.91. The van der Waals surface area contributed by atoms with Gasteiger partial charge in [-0.1, -0.05) is 27.7 Å². The van der Waals surface area contributed by atoms with E-state index in [-0.39, 0.29) is 0 Å². The SMILES string of the molecule is CCC(O)(CC)CNC(CCOC)C(C)C. The largest absolute Gasteiger partial charge is 0.389 e.